The lowest BCUT2D eigenvalue weighted by molar-refractivity contribution is -0.143. The summed E-state index contributed by atoms with van der Waals surface area (Å²) in [5.41, 5.74) is 0.769. The molecule has 84 valence electrons. The van der Waals surface area contributed by atoms with Gasteiger partial charge in [0.25, 0.3) is 0 Å². The first-order valence-corrected chi connectivity index (χ1v) is 5.42. The third-order valence-corrected chi connectivity index (χ3v) is 2.55. The van der Waals surface area contributed by atoms with Crippen LogP contribution in [0.5, 0.6) is 0 Å². The Morgan fingerprint density at radius 1 is 1.56 bits per heavy atom. The normalized spacial score (nSPS) is 11.6. The second-order valence-electron chi connectivity index (χ2n) is 3.05. The minimum absolute atomic E-state index is 0.0931. The molecule has 4 nitrogen and oxygen atoms in total. The van der Waals surface area contributed by atoms with Crippen LogP contribution in [0.2, 0.25) is 0 Å². The minimum Gasteiger partial charge on any atom is -0.468 e. The van der Waals surface area contributed by atoms with E-state index < -0.39 is 12.0 Å². The molecule has 0 bridgehead atoms. The van der Waals surface area contributed by atoms with Gasteiger partial charge in [-0.3, -0.25) is 5.32 Å². The number of ether oxygens (including phenoxy) is 1. The van der Waals surface area contributed by atoms with Crippen molar-refractivity contribution >= 4 is 21.9 Å². The molecule has 0 heterocycles. The van der Waals surface area contributed by atoms with E-state index in [1.165, 1.54) is 7.11 Å². The van der Waals surface area contributed by atoms with Crippen LogP contribution in [0.3, 0.4) is 0 Å². The zero-order valence-corrected chi connectivity index (χ0v) is 10.3. The molecule has 0 fully saturated rings. The van der Waals surface area contributed by atoms with Crippen LogP contribution in [0.4, 0.5) is 0 Å². The Morgan fingerprint density at radius 3 is 2.69 bits per heavy atom. The Kier molecular flexibility index (Phi) is 4.96. The highest BCUT2D eigenvalue weighted by Crippen LogP contribution is 2.17. The molecule has 0 spiro atoms. The average Bonchev–Trinajstić information content (AvgIpc) is 2.31. The summed E-state index contributed by atoms with van der Waals surface area (Å²) in [7, 11) is 1.32. The first kappa shape index (κ1) is 12.7. The molecule has 0 saturated carbocycles. The third-order valence-electron chi connectivity index (χ3n) is 2.03. The molecule has 0 radical (unpaired) electrons. The standard InChI is InChI=1S/C11H11BrN2O2/c1-16-11(15)10(14-7-6-13)8-2-4-9(12)5-3-8/h2-5,10,14H,7H2,1H3/t10-/m1/s1. The van der Waals surface area contributed by atoms with Crippen LogP contribution in [0, 0.1) is 11.3 Å². The van der Waals surface area contributed by atoms with Gasteiger partial charge in [0.2, 0.25) is 0 Å². The van der Waals surface area contributed by atoms with E-state index in [4.69, 9.17) is 5.26 Å². The van der Waals surface area contributed by atoms with E-state index in [0.29, 0.717) is 0 Å². The predicted molar refractivity (Wildman–Crippen MR) is 62.5 cm³/mol. The van der Waals surface area contributed by atoms with Gasteiger partial charge in [-0.1, -0.05) is 28.1 Å². The molecular formula is C11H11BrN2O2. The van der Waals surface area contributed by atoms with Gasteiger partial charge in [0.05, 0.1) is 19.7 Å². The van der Waals surface area contributed by atoms with Crippen molar-refractivity contribution in [2.24, 2.45) is 0 Å². The van der Waals surface area contributed by atoms with Crippen LogP contribution in [0.1, 0.15) is 11.6 Å². The number of nitriles is 1. The monoisotopic (exact) mass is 282 g/mol. The van der Waals surface area contributed by atoms with E-state index in [1.807, 2.05) is 18.2 Å². The zero-order chi connectivity index (χ0) is 12.0. The fourth-order valence-electron chi connectivity index (χ4n) is 1.26. The molecule has 16 heavy (non-hydrogen) atoms. The van der Waals surface area contributed by atoms with E-state index in [1.54, 1.807) is 12.1 Å². The van der Waals surface area contributed by atoms with E-state index in [2.05, 4.69) is 26.0 Å². The highest BCUT2D eigenvalue weighted by atomic mass is 79.9. The van der Waals surface area contributed by atoms with Crippen molar-refractivity contribution in [1.29, 1.82) is 5.26 Å². The number of esters is 1. The highest BCUT2D eigenvalue weighted by molar-refractivity contribution is 9.10. The fourth-order valence-corrected chi connectivity index (χ4v) is 1.52. The number of hydrogen-bond donors (Lipinski definition) is 1. The maximum Gasteiger partial charge on any atom is 0.327 e. The van der Waals surface area contributed by atoms with Gasteiger partial charge in [-0.25, -0.2) is 4.79 Å². The molecule has 1 aromatic carbocycles. The Balaban J connectivity index is 2.88. The Morgan fingerprint density at radius 2 is 2.19 bits per heavy atom. The molecule has 5 heteroatoms. The summed E-state index contributed by atoms with van der Waals surface area (Å²) in [6.07, 6.45) is 0. The van der Waals surface area contributed by atoms with Crippen LogP contribution < -0.4 is 5.32 Å². The third kappa shape index (κ3) is 3.33. The van der Waals surface area contributed by atoms with Crippen molar-refractivity contribution in [3.8, 4) is 6.07 Å². The second-order valence-corrected chi connectivity index (χ2v) is 3.96. The molecule has 1 N–H and O–H groups in total. The Bertz CT molecular complexity index is 397. The average molecular weight is 283 g/mol. The summed E-state index contributed by atoms with van der Waals surface area (Å²) in [5.74, 6) is -0.405. The number of carbonyl (C=O) groups is 1. The van der Waals surface area contributed by atoms with Gasteiger partial charge in [-0.15, -0.1) is 0 Å². The van der Waals surface area contributed by atoms with Gasteiger partial charge in [0.1, 0.15) is 6.04 Å². The molecule has 0 aliphatic rings. The molecule has 1 rings (SSSR count). The van der Waals surface area contributed by atoms with E-state index in [0.717, 1.165) is 10.0 Å². The summed E-state index contributed by atoms with van der Waals surface area (Å²) in [6, 6.07) is 8.60. The summed E-state index contributed by atoms with van der Waals surface area (Å²) in [6.45, 7) is 0.0931. The van der Waals surface area contributed by atoms with Crippen molar-refractivity contribution in [1.82, 2.24) is 5.32 Å². The maximum absolute atomic E-state index is 11.5. The number of methoxy groups -OCH3 is 1. The lowest BCUT2D eigenvalue weighted by Crippen LogP contribution is -2.29. The van der Waals surface area contributed by atoms with Gasteiger partial charge in [0, 0.05) is 4.47 Å². The van der Waals surface area contributed by atoms with Gasteiger partial charge in [0.15, 0.2) is 0 Å². The topological polar surface area (TPSA) is 62.1 Å². The van der Waals surface area contributed by atoms with Gasteiger partial charge < -0.3 is 4.74 Å². The maximum atomic E-state index is 11.5. The minimum atomic E-state index is -0.599. The fraction of sp³-hybridized carbons (Fsp3) is 0.273. The van der Waals surface area contributed by atoms with Crippen molar-refractivity contribution in [2.45, 2.75) is 6.04 Å². The molecule has 0 saturated heterocycles. The molecule has 0 unspecified atom stereocenters. The Labute approximate surface area is 102 Å². The van der Waals surface area contributed by atoms with Crippen LogP contribution in [0.25, 0.3) is 0 Å². The van der Waals surface area contributed by atoms with Crippen molar-refractivity contribution in [3.05, 3.63) is 34.3 Å². The number of carbonyl (C=O) groups excluding carboxylic acids is 1. The number of nitrogens with zero attached hydrogens (tertiary/aromatic N) is 1. The lowest BCUT2D eigenvalue weighted by atomic mass is 10.1. The van der Waals surface area contributed by atoms with Gasteiger partial charge in [-0.2, -0.15) is 5.26 Å². The van der Waals surface area contributed by atoms with E-state index in [-0.39, 0.29) is 6.54 Å². The zero-order valence-electron chi connectivity index (χ0n) is 8.74. The van der Waals surface area contributed by atoms with Crippen LogP contribution in [-0.4, -0.2) is 19.6 Å². The van der Waals surface area contributed by atoms with Crippen molar-refractivity contribution in [3.63, 3.8) is 0 Å². The Hall–Kier alpha value is -1.38. The van der Waals surface area contributed by atoms with Gasteiger partial charge in [-0.05, 0) is 17.7 Å². The molecular weight excluding hydrogens is 272 g/mol. The van der Waals surface area contributed by atoms with Crippen LogP contribution in [-0.2, 0) is 9.53 Å². The molecule has 0 amide bonds. The number of nitrogens with one attached hydrogen (secondary N) is 1. The molecule has 0 aromatic heterocycles. The second kappa shape index (κ2) is 6.26. The summed E-state index contributed by atoms with van der Waals surface area (Å²) >= 11 is 3.31. The smallest absolute Gasteiger partial charge is 0.327 e. The van der Waals surface area contributed by atoms with Crippen LogP contribution >= 0.6 is 15.9 Å². The number of rotatable bonds is 4. The van der Waals surface area contributed by atoms with Crippen molar-refractivity contribution in [2.75, 3.05) is 13.7 Å². The largest absolute Gasteiger partial charge is 0.468 e. The lowest BCUT2D eigenvalue weighted by Gasteiger charge is -2.14. The predicted octanol–water partition coefficient (Wildman–Crippen LogP) is 1.78. The molecule has 1 aromatic rings. The number of benzene rings is 1. The first-order valence-electron chi connectivity index (χ1n) is 4.62. The summed E-state index contributed by atoms with van der Waals surface area (Å²) < 4.78 is 5.60. The van der Waals surface area contributed by atoms with Gasteiger partial charge >= 0.3 is 5.97 Å². The summed E-state index contributed by atoms with van der Waals surface area (Å²) in [5, 5.41) is 11.3. The summed E-state index contributed by atoms with van der Waals surface area (Å²) in [4.78, 5) is 11.5. The SMILES string of the molecule is COC(=O)[C@H](NCC#N)c1ccc(Br)cc1. The number of hydrogen-bond acceptors (Lipinski definition) is 4. The number of halogens is 1. The van der Waals surface area contributed by atoms with Crippen LogP contribution in [0.15, 0.2) is 28.7 Å². The quantitative estimate of drug-likeness (QED) is 0.675. The van der Waals surface area contributed by atoms with E-state index >= 15 is 0 Å². The molecule has 0 aliphatic carbocycles. The first-order chi connectivity index (χ1) is 7.69. The van der Waals surface area contributed by atoms with E-state index in [9.17, 15) is 4.79 Å². The molecule has 0 aliphatic heterocycles. The highest BCUT2D eigenvalue weighted by Gasteiger charge is 2.20. The molecule has 1 atom stereocenters. The van der Waals surface area contributed by atoms with Crippen molar-refractivity contribution < 1.29 is 9.53 Å².